The van der Waals surface area contributed by atoms with Crippen LogP contribution in [0.3, 0.4) is 0 Å². The molecule has 1 atom stereocenters. The summed E-state index contributed by atoms with van der Waals surface area (Å²) in [5, 5.41) is 2.54. The van der Waals surface area contributed by atoms with E-state index in [1.54, 1.807) is 13.0 Å². The van der Waals surface area contributed by atoms with Crippen molar-refractivity contribution in [3.63, 3.8) is 0 Å². The van der Waals surface area contributed by atoms with Gasteiger partial charge in [0, 0.05) is 5.69 Å². The number of ether oxygens (including phenoxy) is 1. The third kappa shape index (κ3) is 4.28. The van der Waals surface area contributed by atoms with Gasteiger partial charge in [-0.15, -0.1) is 0 Å². The van der Waals surface area contributed by atoms with Gasteiger partial charge in [0.25, 0.3) is 5.91 Å². The molecule has 0 aliphatic heterocycles. The topological polar surface area (TPSA) is 38.3 Å². The Bertz CT molecular complexity index is 724. The Labute approximate surface area is 138 Å². The van der Waals surface area contributed by atoms with Crippen LogP contribution in [0.4, 0.5) is 18.9 Å². The molecule has 0 fully saturated rings. The molecule has 0 radical (unpaired) electrons. The van der Waals surface area contributed by atoms with E-state index in [0.29, 0.717) is 5.75 Å². The molecular formula is C18H18F3NO2. The molecule has 2 aromatic rings. The van der Waals surface area contributed by atoms with Crippen LogP contribution in [-0.2, 0) is 11.0 Å². The lowest BCUT2D eigenvalue weighted by atomic mass is 10.1. The van der Waals surface area contributed by atoms with Gasteiger partial charge in [0.15, 0.2) is 6.10 Å². The minimum Gasteiger partial charge on any atom is -0.481 e. The highest BCUT2D eigenvalue weighted by atomic mass is 19.4. The lowest BCUT2D eigenvalue weighted by molar-refractivity contribution is -0.137. The minimum absolute atomic E-state index is 0.282. The monoisotopic (exact) mass is 337 g/mol. The summed E-state index contributed by atoms with van der Waals surface area (Å²) in [6.45, 7) is 5.42. The number of carbonyl (C=O) groups excluding carboxylic acids is 1. The molecule has 1 amide bonds. The number of benzene rings is 2. The summed E-state index contributed by atoms with van der Waals surface area (Å²) in [6, 6.07) is 9.81. The van der Waals surface area contributed by atoms with Crippen LogP contribution in [0.25, 0.3) is 0 Å². The van der Waals surface area contributed by atoms with E-state index in [9.17, 15) is 18.0 Å². The maximum absolute atomic E-state index is 12.5. The predicted octanol–water partition coefficient (Wildman–Crippen LogP) is 4.73. The van der Waals surface area contributed by atoms with E-state index in [-0.39, 0.29) is 5.69 Å². The molecular weight excluding hydrogens is 319 g/mol. The maximum Gasteiger partial charge on any atom is 0.416 e. The summed E-state index contributed by atoms with van der Waals surface area (Å²) in [4.78, 5) is 12.1. The van der Waals surface area contributed by atoms with Crippen LogP contribution in [0.5, 0.6) is 5.75 Å². The third-order valence-electron chi connectivity index (χ3n) is 3.71. The zero-order chi connectivity index (χ0) is 17.9. The molecule has 0 spiro atoms. The number of rotatable bonds is 4. The van der Waals surface area contributed by atoms with Gasteiger partial charge in [-0.3, -0.25) is 4.79 Å². The van der Waals surface area contributed by atoms with Gasteiger partial charge >= 0.3 is 6.18 Å². The van der Waals surface area contributed by atoms with Gasteiger partial charge in [0.05, 0.1) is 5.56 Å². The van der Waals surface area contributed by atoms with Crippen LogP contribution in [-0.4, -0.2) is 12.0 Å². The first-order valence-corrected chi connectivity index (χ1v) is 7.39. The van der Waals surface area contributed by atoms with Crippen LogP contribution < -0.4 is 10.1 Å². The zero-order valence-corrected chi connectivity index (χ0v) is 13.6. The fourth-order valence-electron chi connectivity index (χ4n) is 2.08. The molecule has 0 aromatic heterocycles. The van der Waals surface area contributed by atoms with Crippen molar-refractivity contribution in [2.24, 2.45) is 0 Å². The molecule has 0 saturated heterocycles. The highest BCUT2D eigenvalue weighted by molar-refractivity contribution is 5.94. The second-order valence-corrected chi connectivity index (χ2v) is 5.52. The number of halogens is 3. The van der Waals surface area contributed by atoms with Crippen molar-refractivity contribution in [2.75, 3.05) is 5.32 Å². The van der Waals surface area contributed by atoms with Gasteiger partial charge in [-0.2, -0.15) is 13.2 Å². The van der Waals surface area contributed by atoms with Crippen molar-refractivity contribution >= 4 is 11.6 Å². The van der Waals surface area contributed by atoms with Crippen LogP contribution in [0.15, 0.2) is 42.5 Å². The van der Waals surface area contributed by atoms with Crippen LogP contribution in [0, 0.1) is 13.8 Å². The molecule has 0 unspecified atom stereocenters. The van der Waals surface area contributed by atoms with Crippen LogP contribution in [0.2, 0.25) is 0 Å². The number of hydrogen-bond donors (Lipinski definition) is 1. The molecule has 3 nitrogen and oxygen atoms in total. The second-order valence-electron chi connectivity index (χ2n) is 5.52. The van der Waals surface area contributed by atoms with E-state index in [2.05, 4.69) is 5.32 Å². The van der Waals surface area contributed by atoms with E-state index in [4.69, 9.17) is 4.74 Å². The van der Waals surface area contributed by atoms with E-state index in [1.165, 1.54) is 12.1 Å². The van der Waals surface area contributed by atoms with Gasteiger partial charge in [0.1, 0.15) is 5.75 Å². The Balaban J connectivity index is 2.02. The largest absolute Gasteiger partial charge is 0.481 e. The van der Waals surface area contributed by atoms with Crippen molar-refractivity contribution in [1.29, 1.82) is 0 Å². The van der Waals surface area contributed by atoms with Gasteiger partial charge < -0.3 is 10.1 Å². The van der Waals surface area contributed by atoms with Crippen LogP contribution >= 0.6 is 0 Å². The number of hydrogen-bond acceptors (Lipinski definition) is 2. The summed E-state index contributed by atoms with van der Waals surface area (Å²) in [5.74, 6) is 0.167. The van der Waals surface area contributed by atoms with Crippen LogP contribution in [0.1, 0.15) is 23.6 Å². The predicted molar refractivity (Wildman–Crippen MR) is 86.1 cm³/mol. The fraction of sp³-hybridized carbons (Fsp3) is 0.278. The Morgan fingerprint density at radius 2 is 1.71 bits per heavy atom. The molecule has 0 aliphatic rings. The zero-order valence-electron chi connectivity index (χ0n) is 13.6. The first-order chi connectivity index (χ1) is 11.2. The van der Waals surface area contributed by atoms with Crippen molar-refractivity contribution in [1.82, 2.24) is 0 Å². The number of carbonyl (C=O) groups is 1. The van der Waals surface area contributed by atoms with E-state index < -0.39 is 23.8 Å². The standard InChI is InChI=1S/C18H18F3NO2/c1-11-5-4-6-16(12(11)2)24-13(3)17(23)22-15-9-7-14(8-10-15)18(19,20)21/h4-10,13H,1-3H3,(H,22,23)/t13-/m0/s1. The molecule has 0 aliphatic carbocycles. The number of alkyl halides is 3. The molecule has 6 heteroatoms. The van der Waals surface area contributed by atoms with E-state index >= 15 is 0 Å². The summed E-state index contributed by atoms with van der Waals surface area (Å²) < 4.78 is 43.2. The minimum atomic E-state index is -4.40. The molecule has 0 bridgehead atoms. The van der Waals surface area contributed by atoms with Crippen molar-refractivity contribution < 1.29 is 22.7 Å². The molecule has 0 saturated carbocycles. The molecule has 0 heterocycles. The Kier molecular flexibility index (Phi) is 5.17. The maximum atomic E-state index is 12.5. The summed E-state index contributed by atoms with van der Waals surface area (Å²) >= 11 is 0. The van der Waals surface area contributed by atoms with Gasteiger partial charge in [-0.25, -0.2) is 0 Å². The number of nitrogens with one attached hydrogen (secondary N) is 1. The van der Waals surface area contributed by atoms with Gasteiger partial charge in [-0.05, 0) is 62.2 Å². The lowest BCUT2D eigenvalue weighted by Gasteiger charge is -2.17. The van der Waals surface area contributed by atoms with Crippen molar-refractivity contribution in [3.05, 3.63) is 59.2 Å². The summed E-state index contributed by atoms with van der Waals surface area (Å²) in [7, 11) is 0. The third-order valence-corrected chi connectivity index (χ3v) is 3.71. The Morgan fingerprint density at radius 1 is 1.08 bits per heavy atom. The van der Waals surface area contributed by atoms with Gasteiger partial charge in [-0.1, -0.05) is 12.1 Å². The summed E-state index contributed by atoms with van der Waals surface area (Å²) in [6.07, 6.45) is -5.19. The number of amides is 1. The van der Waals surface area contributed by atoms with Gasteiger partial charge in [0.2, 0.25) is 0 Å². The highest BCUT2D eigenvalue weighted by Gasteiger charge is 2.30. The Morgan fingerprint density at radius 3 is 2.29 bits per heavy atom. The SMILES string of the molecule is Cc1cccc(O[C@@H](C)C(=O)Nc2ccc(C(F)(F)F)cc2)c1C. The number of aryl methyl sites for hydroxylation is 1. The average molecular weight is 337 g/mol. The molecule has 2 rings (SSSR count). The normalized spacial score (nSPS) is 12.6. The molecule has 128 valence electrons. The smallest absolute Gasteiger partial charge is 0.416 e. The first-order valence-electron chi connectivity index (χ1n) is 7.39. The lowest BCUT2D eigenvalue weighted by Crippen LogP contribution is -2.30. The quantitative estimate of drug-likeness (QED) is 0.876. The van der Waals surface area contributed by atoms with E-state index in [1.807, 2.05) is 26.0 Å². The fourth-order valence-corrected chi connectivity index (χ4v) is 2.08. The molecule has 2 aromatic carbocycles. The van der Waals surface area contributed by atoms with E-state index in [0.717, 1.165) is 23.3 Å². The molecule has 24 heavy (non-hydrogen) atoms. The number of anilines is 1. The molecule has 1 N–H and O–H groups in total. The average Bonchev–Trinajstić information content (AvgIpc) is 2.51. The second kappa shape index (κ2) is 6.95. The summed E-state index contributed by atoms with van der Waals surface area (Å²) in [5.41, 5.74) is 1.50. The van der Waals surface area contributed by atoms with Crippen molar-refractivity contribution in [2.45, 2.75) is 33.1 Å². The van der Waals surface area contributed by atoms with Crippen molar-refractivity contribution in [3.8, 4) is 5.75 Å². The highest BCUT2D eigenvalue weighted by Crippen LogP contribution is 2.30. The Hall–Kier alpha value is -2.50. The first kappa shape index (κ1) is 17.8.